The molecule has 25 heavy (non-hydrogen) atoms. The number of aromatic nitrogens is 1. The molecule has 7 heteroatoms. The second kappa shape index (κ2) is 6.74. The van der Waals surface area contributed by atoms with Crippen molar-refractivity contribution in [3.63, 3.8) is 0 Å². The third-order valence-corrected chi connectivity index (χ3v) is 4.12. The Morgan fingerprint density at radius 1 is 1.32 bits per heavy atom. The minimum Gasteiger partial charge on any atom is -0.460 e. The largest absolute Gasteiger partial charge is 0.460 e. The van der Waals surface area contributed by atoms with Gasteiger partial charge in [0, 0.05) is 27.4 Å². The summed E-state index contributed by atoms with van der Waals surface area (Å²) in [5, 5.41) is 13.3. The number of H-pyrrole nitrogens is 1. The maximum atomic E-state index is 12.9. The zero-order valence-electron chi connectivity index (χ0n) is 13.7. The van der Waals surface area contributed by atoms with Crippen molar-refractivity contribution in [2.75, 3.05) is 5.32 Å². The summed E-state index contributed by atoms with van der Waals surface area (Å²) < 4.78 is 5.23. The van der Waals surface area contributed by atoms with Crippen molar-refractivity contribution in [3.05, 3.63) is 52.6 Å². The first-order valence-corrected chi connectivity index (χ1v) is 8.14. The Morgan fingerprint density at radius 3 is 2.76 bits per heavy atom. The Hall–Kier alpha value is -2.57. The monoisotopic (exact) mass is 360 g/mol. The minimum atomic E-state index is -0.458. The highest BCUT2D eigenvalue weighted by molar-refractivity contribution is 6.31. The number of carbonyl (C=O) groups is 2. The first-order valence-electron chi connectivity index (χ1n) is 7.76. The van der Waals surface area contributed by atoms with Crippen LogP contribution in [0.25, 0.3) is 10.9 Å². The highest BCUT2D eigenvalue weighted by Crippen LogP contribution is 2.32. The third kappa shape index (κ3) is 3.18. The smallest absolute Gasteiger partial charge is 0.246 e. The topological polar surface area (TPSA) is 95.3 Å². The van der Waals surface area contributed by atoms with Gasteiger partial charge in [-0.1, -0.05) is 25.4 Å². The highest BCUT2D eigenvalue weighted by atomic mass is 35.5. The summed E-state index contributed by atoms with van der Waals surface area (Å²) in [6, 6.07) is 6.62. The number of anilines is 1. The number of aromatic amines is 1. The fraction of sp³-hybridized carbons (Fsp3) is 0.222. The lowest BCUT2D eigenvalue weighted by atomic mass is 10.1. The summed E-state index contributed by atoms with van der Waals surface area (Å²) in [6.45, 7) is 3.20. The fourth-order valence-electron chi connectivity index (χ4n) is 2.51. The fourth-order valence-corrected chi connectivity index (χ4v) is 2.68. The average molecular weight is 361 g/mol. The average Bonchev–Trinajstić information content (AvgIpc) is 3.18. The van der Waals surface area contributed by atoms with Crippen LogP contribution in [0.3, 0.4) is 0 Å². The second-order valence-corrected chi connectivity index (χ2v) is 6.41. The maximum Gasteiger partial charge on any atom is 0.246 e. The van der Waals surface area contributed by atoms with E-state index in [1.54, 1.807) is 32.0 Å². The minimum absolute atomic E-state index is 0.0280. The summed E-state index contributed by atoms with van der Waals surface area (Å²) in [5.74, 6) is -0.899. The van der Waals surface area contributed by atoms with Crippen LogP contribution in [0.5, 0.6) is 0 Å². The Morgan fingerprint density at radius 2 is 2.08 bits per heavy atom. The number of ketones is 1. The Balaban J connectivity index is 2.16. The summed E-state index contributed by atoms with van der Waals surface area (Å²) in [5.41, 5.74) is 1.54. The molecule has 2 aromatic heterocycles. The van der Waals surface area contributed by atoms with Crippen LogP contribution in [-0.4, -0.2) is 21.8 Å². The molecular weight excluding hydrogens is 344 g/mol. The molecule has 3 N–H and O–H groups in total. The molecule has 0 aliphatic rings. The predicted octanol–water partition coefficient (Wildman–Crippen LogP) is 3.73. The van der Waals surface area contributed by atoms with Crippen LogP contribution in [0.4, 0.5) is 5.69 Å². The number of amides is 1. The van der Waals surface area contributed by atoms with E-state index in [9.17, 15) is 14.7 Å². The van der Waals surface area contributed by atoms with E-state index in [4.69, 9.17) is 16.0 Å². The van der Waals surface area contributed by atoms with Gasteiger partial charge in [-0.15, -0.1) is 0 Å². The van der Waals surface area contributed by atoms with Crippen LogP contribution in [0.1, 0.15) is 35.7 Å². The number of aliphatic hydroxyl groups is 1. The summed E-state index contributed by atoms with van der Waals surface area (Å²) in [7, 11) is 0. The molecule has 0 fully saturated rings. The van der Waals surface area contributed by atoms with Gasteiger partial charge in [-0.3, -0.25) is 9.59 Å². The van der Waals surface area contributed by atoms with E-state index < -0.39 is 5.78 Å². The SMILES string of the molecule is CC(C)C(=O)Nc1c(C(=O)c2occc2CO)[nH]c2cc(Cl)ccc12. The lowest BCUT2D eigenvalue weighted by Gasteiger charge is -2.09. The van der Waals surface area contributed by atoms with Crippen LogP contribution >= 0.6 is 11.6 Å². The molecule has 0 unspecified atom stereocenters. The first-order chi connectivity index (χ1) is 11.9. The number of hydrogen-bond acceptors (Lipinski definition) is 4. The standard InChI is InChI=1S/C18H17ClN2O4/c1-9(2)18(24)21-14-12-4-3-11(19)7-13(12)20-15(14)16(23)17-10(8-22)5-6-25-17/h3-7,9,20,22H,8H2,1-2H3,(H,21,24). The molecule has 0 aliphatic heterocycles. The number of benzene rings is 1. The van der Waals surface area contributed by atoms with E-state index in [0.717, 1.165) is 0 Å². The van der Waals surface area contributed by atoms with Gasteiger partial charge in [-0.25, -0.2) is 0 Å². The van der Waals surface area contributed by atoms with Gasteiger partial charge in [0.25, 0.3) is 0 Å². The van der Waals surface area contributed by atoms with Crippen molar-refractivity contribution in [2.45, 2.75) is 20.5 Å². The lowest BCUT2D eigenvalue weighted by molar-refractivity contribution is -0.118. The van der Waals surface area contributed by atoms with Crippen molar-refractivity contribution >= 4 is 39.9 Å². The highest BCUT2D eigenvalue weighted by Gasteiger charge is 2.25. The van der Waals surface area contributed by atoms with E-state index in [1.807, 2.05) is 0 Å². The molecule has 0 aliphatic carbocycles. The Labute approximate surface area is 148 Å². The number of rotatable bonds is 5. The zero-order chi connectivity index (χ0) is 18.1. The molecule has 0 radical (unpaired) electrons. The number of furan rings is 1. The van der Waals surface area contributed by atoms with Crippen LogP contribution < -0.4 is 5.32 Å². The molecule has 130 valence electrons. The zero-order valence-corrected chi connectivity index (χ0v) is 14.5. The molecule has 0 saturated heterocycles. The van der Waals surface area contributed by atoms with Crippen molar-refractivity contribution in [1.29, 1.82) is 0 Å². The molecule has 0 spiro atoms. The molecule has 0 saturated carbocycles. The van der Waals surface area contributed by atoms with Gasteiger partial charge in [0.1, 0.15) is 5.69 Å². The van der Waals surface area contributed by atoms with E-state index in [0.29, 0.717) is 27.2 Å². The quantitative estimate of drug-likeness (QED) is 0.604. The number of hydrogen-bond donors (Lipinski definition) is 3. The lowest BCUT2D eigenvalue weighted by Crippen LogP contribution is -2.19. The number of carbonyl (C=O) groups excluding carboxylic acids is 2. The molecule has 3 aromatic rings. The van der Waals surface area contributed by atoms with Gasteiger partial charge in [0.05, 0.1) is 18.6 Å². The molecular formula is C18H17ClN2O4. The number of halogens is 1. The third-order valence-electron chi connectivity index (χ3n) is 3.88. The van der Waals surface area contributed by atoms with Crippen molar-refractivity contribution in [2.24, 2.45) is 5.92 Å². The molecule has 1 aromatic carbocycles. The van der Waals surface area contributed by atoms with Crippen LogP contribution in [0.2, 0.25) is 5.02 Å². The Kier molecular flexibility index (Phi) is 4.65. The molecule has 0 bridgehead atoms. The molecule has 6 nitrogen and oxygen atoms in total. The van der Waals surface area contributed by atoms with Gasteiger partial charge in [-0.05, 0) is 24.3 Å². The van der Waals surface area contributed by atoms with Gasteiger partial charge < -0.3 is 19.8 Å². The molecule has 2 heterocycles. The second-order valence-electron chi connectivity index (χ2n) is 5.97. The van der Waals surface area contributed by atoms with Crippen molar-refractivity contribution < 1.29 is 19.1 Å². The molecule has 0 atom stereocenters. The van der Waals surface area contributed by atoms with Crippen LogP contribution in [-0.2, 0) is 11.4 Å². The normalized spacial score (nSPS) is 11.2. The Bertz CT molecular complexity index is 955. The summed E-state index contributed by atoms with van der Waals surface area (Å²) in [6.07, 6.45) is 1.34. The molecule has 3 rings (SSSR count). The van der Waals surface area contributed by atoms with Gasteiger partial charge in [-0.2, -0.15) is 0 Å². The first kappa shape index (κ1) is 17.3. The number of aliphatic hydroxyl groups excluding tert-OH is 1. The number of nitrogens with one attached hydrogen (secondary N) is 2. The van der Waals surface area contributed by atoms with Crippen LogP contribution in [0, 0.1) is 5.92 Å². The van der Waals surface area contributed by atoms with E-state index in [2.05, 4.69) is 10.3 Å². The maximum absolute atomic E-state index is 12.9. The predicted molar refractivity (Wildman–Crippen MR) is 94.8 cm³/mol. The number of fused-ring (bicyclic) bond motifs is 1. The van der Waals surface area contributed by atoms with Crippen molar-refractivity contribution in [1.82, 2.24) is 4.98 Å². The molecule has 1 amide bonds. The van der Waals surface area contributed by atoms with Gasteiger partial charge >= 0.3 is 0 Å². The summed E-state index contributed by atoms with van der Waals surface area (Å²) >= 11 is 6.02. The van der Waals surface area contributed by atoms with E-state index in [1.165, 1.54) is 12.3 Å². The van der Waals surface area contributed by atoms with E-state index >= 15 is 0 Å². The van der Waals surface area contributed by atoms with Crippen molar-refractivity contribution in [3.8, 4) is 0 Å². The van der Waals surface area contributed by atoms with E-state index in [-0.39, 0.29) is 29.9 Å². The van der Waals surface area contributed by atoms with Crippen LogP contribution in [0.15, 0.2) is 34.9 Å². The van der Waals surface area contributed by atoms with Gasteiger partial charge in [0.15, 0.2) is 5.76 Å². The van der Waals surface area contributed by atoms with Gasteiger partial charge in [0.2, 0.25) is 11.7 Å². The summed E-state index contributed by atoms with van der Waals surface area (Å²) in [4.78, 5) is 28.1.